The molecule has 5 heteroatoms. The summed E-state index contributed by atoms with van der Waals surface area (Å²) in [5, 5.41) is 3.20. The lowest BCUT2D eigenvalue weighted by Gasteiger charge is -2.28. The van der Waals surface area contributed by atoms with E-state index in [4.69, 9.17) is 4.55 Å². The van der Waals surface area contributed by atoms with Crippen molar-refractivity contribution in [1.29, 1.82) is 0 Å². The smallest absolute Gasteiger partial charge is 0.234 e. The summed E-state index contributed by atoms with van der Waals surface area (Å²) < 4.78 is 20.9. The van der Waals surface area contributed by atoms with Crippen molar-refractivity contribution in [2.24, 2.45) is 0 Å². The van der Waals surface area contributed by atoms with Gasteiger partial charge in [0, 0.05) is 13.1 Å². The average Bonchev–Trinajstić information content (AvgIpc) is 2.05. The molecular weight excluding hydrogens is 164 g/mol. The van der Waals surface area contributed by atoms with Gasteiger partial charge in [0.25, 0.3) is 0 Å². The minimum absolute atomic E-state index is 0.266. The van der Waals surface area contributed by atoms with Crippen LogP contribution in [0.1, 0.15) is 12.8 Å². The lowest BCUT2D eigenvalue weighted by atomic mass is 10.1. The van der Waals surface area contributed by atoms with Crippen molar-refractivity contribution in [3.8, 4) is 0 Å². The topological polar surface area (TPSA) is 52.6 Å². The zero-order chi connectivity index (χ0) is 8.27. The minimum atomic E-state index is -1.80. The van der Waals surface area contributed by atoms with Crippen LogP contribution < -0.4 is 5.32 Å². The molecule has 1 saturated heterocycles. The zero-order valence-electron chi connectivity index (χ0n) is 6.62. The third kappa shape index (κ3) is 2.52. The van der Waals surface area contributed by atoms with Gasteiger partial charge in [0.15, 0.2) is 0 Å². The van der Waals surface area contributed by atoms with E-state index < -0.39 is 11.3 Å². The summed E-state index contributed by atoms with van der Waals surface area (Å²) in [6.45, 7) is 1.90. The van der Waals surface area contributed by atoms with Crippen LogP contribution in [0.2, 0.25) is 0 Å². The first-order chi connectivity index (χ1) is 5.22. The van der Waals surface area contributed by atoms with Crippen molar-refractivity contribution < 1.29 is 8.76 Å². The molecule has 1 heterocycles. The Morgan fingerprint density at radius 3 is 2.55 bits per heavy atom. The van der Waals surface area contributed by atoms with Gasteiger partial charge in [-0.05, 0) is 25.9 Å². The summed E-state index contributed by atoms with van der Waals surface area (Å²) in [6.07, 6.45) is 1.92. The molecule has 0 aromatic rings. The van der Waals surface area contributed by atoms with Gasteiger partial charge in [-0.1, -0.05) is 0 Å². The summed E-state index contributed by atoms with van der Waals surface area (Å²) >= 11 is -1.80. The predicted molar refractivity (Wildman–Crippen MR) is 44.4 cm³/mol. The third-order valence-electron chi connectivity index (χ3n) is 2.07. The Balaban J connectivity index is 2.38. The minimum Gasteiger partial charge on any atom is -0.317 e. The monoisotopic (exact) mass is 178 g/mol. The Labute approximate surface area is 69.4 Å². The second-order valence-corrected chi connectivity index (χ2v) is 3.80. The molecule has 2 N–H and O–H groups in total. The summed E-state index contributed by atoms with van der Waals surface area (Å²) in [4.78, 5) is 0. The lowest BCUT2D eigenvalue weighted by Crippen LogP contribution is -2.41. The molecule has 1 aliphatic heterocycles. The molecule has 0 aromatic heterocycles. The Bertz CT molecular complexity index is 148. The van der Waals surface area contributed by atoms with Gasteiger partial charge in [-0.3, -0.25) is 4.55 Å². The van der Waals surface area contributed by atoms with E-state index in [1.165, 1.54) is 4.31 Å². The van der Waals surface area contributed by atoms with Crippen LogP contribution in [0.15, 0.2) is 0 Å². The van der Waals surface area contributed by atoms with Crippen LogP contribution in [0.4, 0.5) is 0 Å². The van der Waals surface area contributed by atoms with Crippen molar-refractivity contribution in [2.45, 2.75) is 18.9 Å². The standard InChI is InChI=1S/C6H14N2O2S/c1-8(11(9)10)6-2-4-7-5-3-6/h6-7H,2-5H2,1H3,(H,9,10). The number of nitrogens with one attached hydrogen (secondary N) is 1. The molecule has 0 saturated carbocycles. The summed E-state index contributed by atoms with van der Waals surface area (Å²) in [5.74, 6) is 0. The molecular formula is C6H14N2O2S. The molecule has 0 radical (unpaired) electrons. The van der Waals surface area contributed by atoms with Gasteiger partial charge in [-0.2, -0.15) is 0 Å². The van der Waals surface area contributed by atoms with Crippen LogP contribution >= 0.6 is 0 Å². The fraction of sp³-hybridized carbons (Fsp3) is 1.00. The van der Waals surface area contributed by atoms with Gasteiger partial charge >= 0.3 is 0 Å². The fourth-order valence-corrected chi connectivity index (χ4v) is 1.76. The quantitative estimate of drug-likeness (QED) is 0.576. The Kier molecular flexibility index (Phi) is 3.45. The highest BCUT2D eigenvalue weighted by atomic mass is 32.2. The molecule has 1 rings (SSSR count). The van der Waals surface area contributed by atoms with Crippen LogP contribution in [-0.2, 0) is 11.3 Å². The highest BCUT2D eigenvalue weighted by Crippen LogP contribution is 2.10. The number of rotatable bonds is 2. The first-order valence-electron chi connectivity index (χ1n) is 3.76. The van der Waals surface area contributed by atoms with E-state index in [9.17, 15) is 4.21 Å². The van der Waals surface area contributed by atoms with Crippen molar-refractivity contribution in [3.63, 3.8) is 0 Å². The van der Waals surface area contributed by atoms with Crippen LogP contribution in [-0.4, -0.2) is 39.2 Å². The molecule has 0 aliphatic carbocycles. The van der Waals surface area contributed by atoms with Gasteiger partial charge in [0.2, 0.25) is 11.3 Å². The van der Waals surface area contributed by atoms with E-state index in [1.54, 1.807) is 7.05 Å². The molecule has 0 bridgehead atoms. The van der Waals surface area contributed by atoms with Gasteiger partial charge in [0.05, 0.1) is 0 Å². The van der Waals surface area contributed by atoms with Crippen molar-refractivity contribution in [3.05, 3.63) is 0 Å². The largest absolute Gasteiger partial charge is 0.317 e. The van der Waals surface area contributed by atoms with Crippen molar-refractivity contribution >= 4 is 11.3 Å². The van der Waals surface area contributed by atoms with E-state index in [0.717, 1.165) is 25.9 Å². The Morgan fingerprint density at radius 2 is 2.09 bits per heavy atom. The molecule has 1 unspecified atom stereocenters. The van der Waals surface area contributed by atoms with Crippen LogP contribution in [0.3, 0.4) is 0 Å². The highest BCUT2D eigenvalue weighted by molar-refractivity contribution is 7.76. The third-order valence-corrected chi connectivity index (χ3v) is 2.86. The molecule has 1 fully saturated rings. The van der Waals surface area contributed by atoms with E-state index in [0.29, 0.717) is 0 Å². The predicted octanol–water partition coefficient (Wildman–Crippen LogP) is -0.193. The van der Waals surface area contributed by atoms with Crippen molar-refractivity contribution in [2.75, 3.05) is 20.1 Å². The molecule has 66 valence electrons. The van der Waals surface area contributed by atoms with Gasteiger partial charge in [-0.25, -0.2) is 8.51 Å². The second-order valence-electron chi connectivity index (χ2n) is 2.76. The number of hydrogen-bond donors (Lipinski definition) is 2. The van der Waals surface area contributed by atoms with Gasteiger partial charge in [-0.15, -0.1) is 0 Å². The fourth-order valence-electron chi connectivity index (χ4n) is 1.30. The SMILES string of the molecule is CN(C1CCNCC1)S(=O)O. The maximum atomic E-state index is 10.6. The molecule has 4 nitrogen and oxygen atoms in total. The molecule has 0 amide bonds. The first kappa shape index (κ1) is 9.12. The van der Waals surface area contributed by atoms with Gasteiger partial charge in [0.1, 0.15) is 0 Å². The van der Waals surface area contributed by atoms with Gasteiger partial charge < -0.3 is 5.32 Å². The maximum absolute atomic E-state index is 10.6. The number of piperidine rings is 1. The first-order valence-corrected chi connectivity index (χ1v) is 4.82. The van der Waals surface area contributed by atoms with Crippen LogP contribution in [0, 0.1) is 0 Å². The van der Waals surface area contributed by atoms with E-state index >= 15 is 0 Å². The van der Waals surface area contributed by atoms with E-state index in [2.05, 4.69) is 5.32 Å². The maximum Gasteiger partial charge on any atom is 0.234 e. The summed E-state index contributed by atoms with van der Waals surface area (Å²) in [5.41, 5.74) is 0. The van der Waals surface area contributed by atoms with Crippen molar-refractivity contribution in [1.82, 2.24) is 9.62 Å². The Hall–Kier alpha value is 0.0300. The number of hydrogen-bond acceptors (Lipinski definition) is 2. The summed E-state index contributed by atoms with van der Waals surface area (Å²) in [6, 6.07) is 0.266. The highest BCUT2D eigenvalue weighted by Gasteiger charge is 2.20. The summed E-state index contributed by atoms with van der Waals surface area (Å²) in [7, 11) is 1.69. The van der Waals surface area contributed by atoms with E-state index in [1.807, 2.05) is 0 Å². The average molecular weight is 178 g/mol. The van der Waals surface area contributed by atoms with Crippen LogP contribution in [0.5, 0.6) is 0 Å². The van der Waals surface area contributed by atoms with Crippen LogP contribution in [0.25, 0.3) is 0 Å². The Morgan fingerprint density at radius 1 is 1.55 bits per heavy atom. The molecule has 11 heavy (non-hydrogen) atoms. The normalized spacial score (nSPS) is 23.9. The lowest BCUT2D eigenvalue weighted by molar-refractivity contribution is 0.291. The molecule has 1 aliphatic rings. The zero-order valence-corrected chi connectivity index (χ0v) is 7.43. The number of nitrogens with zero attached hydrogens (tertiary/aromatic N) is 1. The molecule has 1 atom stereocenters. The second kappa shape index (κ2) is 4.15. The molecule has 0 aromatic carbocycles. The van der Waals surface area contributed by atoms with E-state index in [-0.39, 0.29) is 6.04 Å². The molecule has 0 spiro atoms.